The van der Waals surface area contributed by atoms with Crippen LogP contribution in [-0.2, 0) is 14.8 Å². The van der Waals surface area contributed by atoms with Crippen molar-refractivity contribution in [3.63, 3.8) is 0 Å². The highest BCUT2D eigenvalue weighted by atomic mass is 35.5. The Balaban J connectivity index is 0.972. The second kappa shape index (κ2) is 17.6. The lowest BCUT2D eigenvalue weighted by Gasteiger charge is -2.39. The molecule has 3 N–H and O–H groups in total. The molecule has 1 unspecified atom stereocenters. The molecule has 18 heteroatoms. The Labute approximate surface area is 376 Å². The number of sulfonamides is 1. The highest BCUT2D eigenvalue weighted by Gasteiger charge is 2.31. The Morgan fingerprint density at radius 3 is 2.59 bits per heavy atom. The molecule has 64 heavy (non-hydrogen) atoms. The Bertz CT molecular complexity index is 2890. The predicted molar refractivity (Wildman–Crippen MR) is 249 cm³/mol. The number of nitro groups is 1. The zero-order valence-electron chi connectivity index (χ0n) is 36.0. The fourth-order valence-electron chi connectivity index (χ4n) is 9.03. The molecule has 1 atom stereocenters. The van der Waals surface area contributed by atoms with E-state index in [2.05, 4.69) is 60.8 Å². The highest BCUT2D eigenvalue weighted by molar-refractivity contribution is 7.90. The Morgan fingerprint density at radius 1 is 1.03 bits per heavy atom. The molecule has 5 heterocycles. The van der Waals surface area contributed by atoms with E-state index >= 15 is 0 Å². The average molecular weight is 907 g/mol. The summed E-state index contributed by atoms with van der Waals surface area (Å²) in [6.07, 6.45) is 6.39. The minimum atomic E-state index is -4.59. The third kappa shape index (κ3) is 9.21. The molecule has 3 aromatic carbocycles. The van der Waals surface area contributed by atoms with Crippen molar-refractivity contribution in [3.8, 4) is 5.69 Å². The third-order valence-electron chi connectivity index (χ3n) is 12.6. The van der Waals surface area contributed by atoms with E-state index in [0.29, 0.717) is 42.1 Å². The fourth-order valence-corrected chi connectivity index (χ4v) is 10.1. The van der Waals surface area contributed by atoms with Crippen LogP contribution < -0.4 is 14.9 Å². The van der Waals surface area contributed by atoms with Crippen molar-refractivity contribution in [2.75, 3.05) is 76.2 Å². The van der Waals surface area contributed by atoms with Crippen LogP contribution in [0.1, 0.15) is 49.0 Å². The number of nitrogens with one attached hydrogen (secondary N) is 3. The summed E-state index contributed by atoms with van der Waals surface area (Å²) in [5.41, 5.74) is 7.14. The molecule has 9 rings (SSSR count). The topological polar surface area (TPSA) is 184 Å². The van der Waals surface area contributed by atoms with Crippen molar-refractivity contribution >= 4 is 72.2 Å². The first-order valence-electron chi connectivity index (χ1n) is 21.5. The molecule has 1 aliphatic carbocycles. The number of carbonyl (C=O) groups is 1. The number of nitro benzene ring substituents is 1. The Hall–Kier alpha value is -5.85. The molecule has 6 aromatic rings. The van der Waals surface area contributed by atoms with Crippen molar-refractivity contribution in [1.82, 2.24) is 34.3 Å². The molecular weight excluding hydrogens is 856 g/mol. The molecule has 2 saturated heterocycles. The summed E-state index contributed by atoms with van der Waals surface area (Å²) in [7, 11) is -2.62. The molecule has 0 saturated carbocycles. The summed E-state index contributed by atoms with van der Waals surface area (Å²) >= 11 is 6.26. The number of hydrogen-bond acceptors (Lipinski definition) is 12. The van der Waals surface area contributed by atoms with Crippen LogP contribution in [0.4, 0.5) is 17.1 Å². The van der Waals surface area contributed by atoms with Gasteiger partial charge < -0.3 is 24.8 Å². The third-order valence-corrected chi connectivity index (χ3v) is 14.2. The van der Waals surface area contributed by atoms with Crippen LogP contribution in [0.25, 0.3) is 33.3 Å². The lowest BCUT2D eigenvalue weighted by molar-refractivity contribution is -0.384. The number of fused-ring (bicyclic) bond motifs is 2. The van der Waals surface area contributed by atoms with Gasteiger partial charge in [-0.1, -0.05) is 43.2 Å². The maximum absolute atomic E-state index is 14.2. The molecule has 2 aliphatic heterocycles. The number of H-pyrrole nitrogens is 1. The number of nitrogens with zero attached hydrogens (tertiary/aromatic N) is 7. The van der Waals surface area contributed by atoms with Gasteiger partial charge in [-0.15, -0.1) is 0 Å². The van der Waals surface area contributed by atoms with Gasteiger partial charge in [0.15, 0.2) is 0 Å². The van der Waals surface area contributed by atoms with Gasteiger partial charge in [-0.05, 0) is 97.5 Å². The van der Waals surface area contributed by atoms with Crippen LogP contribution >= 0.6 is 11.6 Å². The zero-order chi connectivity index (χ0) is 44.8. The van der Waals surface area contributed by atoms with Crippen molar-refractivity contribution in [1.29, 1.82) is 0 Å². The fraction of sp³-hybridized carbons (Fsp3) is 0.370. The Morgan fingerprint density at radius 2 is 1.83 bits per heavy atom. The number of halogens is 1. The number of anilines is 2. The SMILES string of the molecule is CN1CCOC(CNc2ccc(S(=O)(=O)NC(=O)c3ccc(N4CCN(CC5=C(c6ccc(Cl)cc6)CC(C)(C)CC5)CC4)cc3-n3ncc4nc5[nH]ccc5cc43)cc2[N+](=O)[O-])C1. The first-order chi connectivity index (χ1) is 30.7. The minimum Gasteiger partial charge on any atom is -0.377 e. The van der Waals surface area contributed by atoms with E-state index in [1.54, 1.807) is 23.1 Å². The van der Waals surface area contributed by atoms with Crippen molar-refractivity contribution in [2.45, 2.75) is 44.1 Å². The second-order valence-corrected chi connectivity index (χ2v) is 19.9. The van der Waals surface area contributed by atoms with Crippen LogP contribution in [0.3, 0.4) is 0 Å². The number of likely N-dealkylation sites (N-methyl/N-ethyl adjacent to an activating group) is 1. The van der Waals surface area contributed by atoms with Crippen LogP contribution in [0.2, 0.25) is 5.02 Å². The van der Waals surface area contributed by atoms with Gasteiger partial charge in [-0.2, -0.15) is 5.10 Å². The van der Waals surface area contributed by atoms with Crippen molar-refractivity contribution in [3.05, 3.63) is 117 Å². The van der Waals surface area contributed by atoms with Gasteiger partial charge in [-0.3, -0.25) is 19.8 Å². The van der Waals surface area contributed by atoms with Gasteiger partial charge in [0.1, 0.15) is 16.9 Å². The molecule has 1 amide bonds. The quantitative estimate of drug-likeness (QED) is 0.0837. The van der Waals surface area contributed by atoms with E-state index in [0.717, 1.165) is 80.7 Å². The Kier molecular flexibility index (Phi) is 11.9. The second-order valence-electron chi connectivity index (χ2n) is 17.8. The van der Waals surface area contributed by atoms with E-state index in [4.69, 9.17) is 21.3 Å². The number of morpholine rings is 1. The molecule has 0 spiro atoms. The maximum Gasteiger partial charge on any atom is 0.293 e. The van der Waals surface area contributed by atoms with E-state index in [1.165, 1.54) is 28.8 Å². The number of carbonyl (C=O) groups excluding carboxylic acids is 1. The number of piperazine rings is 1. The molecule has 16 nitrogen and oxygen atoms in total. The van der Waals surface area contributed by atoms with Crippen LogP contribution in [0.5, 0.6) is 0 Å². The number of allylic oxidation sites excluding steroid dienone is 1. The van der Waals surface area contributed by atoms with Gasteiger partial charge in [0.05, 0.1) is 45.5 Å². The summed E-state index contributed by atoms with van der Waals surface area (Å²) < 4.78 is 37.2. The van der Waals surface area contributed by atoms with Gasteiger partial charge in [0.25, 0.3) is 21.6 Å². The summed E-state index contributed by atoms with van der Waals surface area (Å²) in [6.45, 7) is 10.9. The lowest BCUT2D eigenvalue weighted by Crippen LogP contribution is -2.47. The minimum absolute atomic E-state index is 0.0391. The predicted octanol–water partition coefficient (Wildman–Crippen LogP) is 7.11. The van der Waals surface area contributed by atoms with Crippen LogP contribution in [-0.4, -0.2) is 121 Å². The van der Waals surface area contributed by atoms with Crippen molar-refractivity contribution < 1.29 is 22.9 Å². The van der Waals surface area contributed by atoms with Gasteiger partial charge in [-0.25, -0.2) is 22.8 Å². The molecule has 0 radical (unpaired) electrons. The van der Waals surface area contributed by atoms with E-state index < -0.39 is 31.4 Å². The number of rotatable bonds is 12. The smallest absolute Gasteiger partial charge is 0.293 e. The number of hydrogen-bond donors (Lipinski definition) is 3. The van der Waals surface area contributed by atoms with Gasteiger partial charge in [0, 0.05) is 80.7 Å². The summed E-state index contributed by atoms with van der Waals surface area (Å²) in [5, 5.41) is 21.4. The van der Waals surface area contributed by atoms with Gasteiger partial charge >= 0.3 is 0 Å². The number of pyridine rings is 1. The van der Waals surface area contributed by atoms with Crippen LogP contribution in [0, 0.1) is 15.5 Å². The van der Waals surface area contributed by atoms with E-state index in [1.807, 2.05) is 43.4 Å². The maximum atomic E-state index is 14.2. The van der Waals surface area contributed by atoms with E-state index in [-0.39, 0.29) is 22.8 Å². The largest absolute Gasteiger partial charge is 0.377 e. The monoisotopic (exact) mass is 906 g/mol. The van der Waals surface area contributed by atoms with Crippen LogP contribution in [0.15, 0.2) is 95.7 Å². The summed E-state index contributed by atoms with van der Waals surface area (Å²) in [5.74, 6) is -0.922. The molecule has 0 bridgehead atoms. The first-order valence-corrected chi connectivity index (χ1v) is 23.4. The number of aromatic amines is 1. The number of aromatic nitrogens is 4. The standard InChI is InChI=1S/C46H51ClN10O6S/c1-46(2)14-12-32(38(25-46)30-4-6-33(47)7-5-30)28-54-16-18-55(19-17-54)34-8-10-37(41(23-34)56-42-22-31-13-15-48-44(31)51-40(42)27-50-56)45(58)52-64(61,62)36-9-11-39(43(24-36)57(59)60)49-26-35-29-53(3)20-21-63-35/h4-11,13,15,22-24,27,35,49H,12,14,16-21,25-26,28-29H2,1-3H3,(H,48,51)(H,52,58). The van der Waals surface area contributed by atoms with Gasteiger partial charge in [0.2, 0.25) is 0 Å². The lowest BCUT2D eigenvalue weighted by atomic mass is 9.72. The zero-order valence-corrected chi connectivity index (χ0v) is 37.6. The highest BCUT2D eigenvalue weighted by Crippen LogP contribution is 2.43. The molecule has 3 aliphatic rings. The van der Waals surface area contributed by atoms with E-state index in [9.17, 15) is 23.3 Å². The molecule has 2 fully saturated rings. The summed E-state index contributed by atoms with van der Waals surface area (Å²) in [4.78, 5) is 40.0. The number of amides is 1. The summed E-state index contributed by atoms with van der Waals surface area (Å²) in [6, 6.07) is 20.8. The normalized spacial score (nSPS) is 18.8. The number of ether oxygens (including phenoxy) is 1. The number of benzene rings is 3. The average Bonchev–Trinajstić information content (AvgIpc) is 3.92. The molecule has 3 aromatic heterocycles. The molecular formula is C46H51ClN10O6S. The first kappa shape index (κ1) is 43.4. The van der Waals surface area contributed by atoms with Crippen molar-refractivity contribution in [2.24, 2.45) is 5.41 Å². The molecule has 334 valence electrons.